The molecule has 0 aliphatic carbocycles. The predicted octanol–water partition coefficient (Wildman–Crippen LogP) is 5.36. The summed E-state index contributed by atoms with van der Waals surface area (Å²) in [6.07, 6.45) is 1.25. The van der Waals surface area contributed by atoms with Gasteiger partial charge in [0, 0.05) is 19.0 Å². The monoisotopic (exact) mass is 409 g/mol. The van der Waals surface area contributed by atoms with E-state index in [-0.39, 0.29) is 17.9 Å². The van der Waals surface area contributed by atoms with Gasteiger partial charge in [0.2, 0.25) is 5.88 Å². The Morgan fingerprint density at radius 3 is 2.63 bits per heavy atom. The molecule has 2 heterocycles. The molecule has 1 amide bonds. The molecule has 2 aromatic rings. The zero-order chi connectivity index (χ0) is 19.6. The van der Waals surface area contributed by atoms with E-state index >= 15 is 0 Å². The zero-order valence-corrected chi connectivity index (χ0v) is 17.2. The number of halogens is 1. The van der Waals surface area contributed by atoms with Gasteiger partial charge in [-0.1, -0.05) is 35.1 Å². The van der Waals surface area contributed by atoms with E-state index in [0.29, 0.717) is 23.2 Å². The van der Waals surface area contributed by atoms with Crippen LogP contribution in [0, 0.1) is 0 Å². The van der Waals surface area contributed by atoms with Crippen molar-refractivity contribution in [1.29, 1.82) is 0 Å². The molecule has 3 rings (SSSR count). The molecule has 0 atom stereocenters. The first-order chi connectivity index (χ1) is 12.7. The Kier molecular flexibility index (Phi) is 5.81. The third-order valence-corrected chi connectivity index (χ3v) is 5.72. The molecule has 0 saturated carbocycles. The van der Waals surface area contributed by atoms with Crippen molar-refractivity contribution in [1.82, 2.24) is 9.88 Å². The Balaban J connectivity index is 1.63. The number of carbonyl (C=O) groups excluding carboxylic acids is 1. The van der Waals surface area contributed by atoms with E-state index < -0.39 is 5.60 Å². The van der Waals surface area contributed by atoms with Crippen LogP contribution in [0.15, 0.2) is 24.3 Å². The maximum Gasteiger partial charge on any atom is 0.410 e. The highest BCUT2D eigenvalue weighted by Crippen LogP contribution is 2.41. The van der Waals surface area contributed by atoms with Gasteiger partial charge in [-0.15, -0.1) is 0 Å². The lowest BCUT2D eigenvalue weighted by Crippen LogP contribution is -2.41. The standard InChI is InChI=1S/C19H24ClN3O3S/c1-19(2,3)26-18(25)23-10-8-12(9-11-23)15-16(24)22-17(27-15)21-14-7-5-4-6-13(14)20/h4-7,12,24H,8-11H2,1-3H3,(H,21,22). The first kappa shape index (κ1) is 19.8. The second kappa shape index (κ2) is 7.94. The van der Waals surface area contributed by atoms with Crippen molar-refractivity contribution < 1.29 is 14.6 Å². The molecule has 0 spiro atoms. The summed E-state index contributed by atoms with van der Waals surface area (Å²) >= 11 is 7.59. The number of piperidine rings is 1. The number of likely N-dealkylation sites (tertiary alicyclic amines) is 1. The smallest absolute Gasteiger partial charge is 0.410 e. The average Bonchev–Trinajstić information content (AvgIpc) is 2.96. The minimum atomic E-state index is -0.497. The van der Waals surface area contributed by atoms with Crippen LogP contribution in [0.25, 0.3) is 0 Å². The number of aromatic nitrogens is 1. The molecule has 1 aliphatic heterocycles. The lowest BCUT2D eigenvalue weighted by atomic mass is 9.96. The molecule has 8 heteroatoms. The van der Waals surface area contributed by atoms with E-state index in [0.717, 1.165) is 23.4 Å². The summed E-state index contributed by atoms with van der Waals surface area (Å²) in [5, 5.41) is 14.6. The maximum atomic E-state index is 12.2. The number of carbonyl (C=O) groups is 1. The fourth-order valence-electron chi connectivity index (χ4n) is 2.97. The quantitative estimate of drug-likeness (QED) is 0.713. The second-order valence-corrected chi connectivity index (χ2v) is 8.99. The van der Waals surface area contributed by atoms with Crippen molar-refractivity contribution in [3.63, 3.8) is 0 Å². The lowest BCUT2D eigenvalue weighted by molar-refractivity contribution is 0.0205. The summed E-state index contributed by atoms with van der Waals surface area (Å²) in [5.41, 5.74) is 0.252. The maximum absolute atomic E-state index is 12.2. The number of thiazole rings is 1. The van der Waals surface area contributed by atoms with Crippen molar-refractivity contribution in [3.8, 4) is 5.88 Å². The number of rotatable bonds is 3. The third kappa shape index (κ3) is 5.05. The van der Waals surface area contributed by atoms with Gasteiger partial charge in [0.15, 0.2) is 5.13 Å². The van der Waals surface area contributed by atoms with Crippen molar-refractivity contribution in [3.05, 3.63) is 34.2 Å². The van der Waals surface area contributed by atoms with Crippen LogP contribution < -0.4 is 5.32 Å². The van der Waals surface area contributed by atoms with Gasteiger partial charge in [0.1, 0.15) is 5.60 Å². The van der Waals surface area contributed by atoms with Gasteiger partial charge < -0.3 is 20.1 Å². The summed E-state index contributed by atoms with van der Waals surface area (Å²) in [4.78, 5) is 19.0. The van der Waals surface area contributed by atoms with Crippen LogP contribution in [-0.2, 0) is 4.74 Å². The van der Waals surface area contributed by atoms with Gasteiger partial charge in [0.05, 0.1) is 15.6 Å². The number of aromatic hydroxyl groups is 1. The lowest BCUT2D eigenvalue weighted by Gasteiger charge is -2.33. The van der Waals surface area contributed by atoms with Gasteiger partial charge in [-0.3, -0.25) is 0 Å². The molecule has 0 unspecified atom stereocenters. The van der Waals surface area contributed by atoms with Crippen molar-refractivity contribution >= 4 is 39.8 Å². The fraction of sp³-hybridized carbons (Fsp3) is 0.474. The SMILES string of the molecule is CC(C)(C)OC(=O)N1CCC(c2sc(Nc3ccccc3Cl)nc2O)CC1. The number of nitrogens with zero attached hydrogens (tertiary/aromatic N) is 2. The molecule has 6 nitrogen and oxygen atoms in total. The van der Waals surface area contributed by atoms with Crippen LogP contribution in [0.1, 0.15) is 44.4 Å². The van der Waals surface area contributed by atoms with E-state index in [1.54, 1.807) is 11.0 Å². The average molecular weight is 410 g/mol. The zero-order valence-electron chi connectivity index (χ0n) is 15.7. The number of ether oxygens (including phenoxy) is 1. The first-order valence-electron chi connectivity index (χ1n) is 8.92. The molecule has 1 aromatic carbocycles. The van der Waals surface area contributed by atoms with Crippen LogP contribution >= 0.6 is 22.9 Å². The highest BCUT2D eigenvalue weighted by atomic mass is 35.5. The summed E-state index contributed by atoms with van der Waals surface area (Å²) < 4.78 is 5.43. The highest BCUT2D eigenvalue weighted by molar-refractivity contribution is 7.16. The van der Waals surface area contributed by atoms with Crippen LogP contribution in [0.3, 0.4) is 0 Å². The number of nitrogens with one attached hydrogen (secondary N) is 1. The molecule has 1 aromatic heterocycles. The van der Waals surface area contributed by atoms with Crippen LogP contribution in [0.4, 0.5) is 15.6 Å². The molecule has 0 radical (unpaired) electrons. The number of benzene rings is 1. The van der Waals surface area contributed by atoms with Gasteiger partial charge in [-0.2, -0.15) is 4.98 Å². The minimum absolute atomic E-state index is 0.0465. The third-order valence-electron chi connectivity index (χ3n) is 4.27. The molecule has 1 aliphatic rings. The molecule has 146 valence electrons. The predicted molar refractivity (Wildman–Crippen MR) is 108 cm³/mol. The van der Waals surface area contributed by atoms with Crippen LogP contribution in [-0.4, -0.2) is 39.8 Å². The van der Waals surface area contributed by atoms with Gasteiger partial charge in [-0.25, -0.2) is 4.79 Å². The molecular weight excluding hydrogens is 386 g/mol. The Morgan fingerprint density at radius 2 is 2.00 bits per heavy atom. The molecule has 1 fully saturated rings. The summed E-state index contributed by atoms with van der Waals surface area (Å²) in [7, 11) is 0. The van der Waals surface area contributed by atoms with E-state index in [2.05, 4.69) is 10.3 Å². The van der Waals surface area contributed by atoms with Crippen molar-refractivity contribution in [2.75, 3.05) is 18.4 Å². The normalized spacial score (nSPS) is 15.6. The second-order valence-electron chi connectivity index (χ2n) is 7.55. The molecule has 0 bridgehead atoms. The van der Waals surface area contributed by atoms with Crippen LogP contribution in [0.2, 0.25) is 5.02 Å². The Morgan fingerprint density at radius 1 is 1.33 bits per heavy atom. The summed E-state index contributed by atoms with van der Waals surface area (Å²) in [6.45, 7) is 6.79. The van der Waals surface area contributed by atoms with Crippen molar-refractivity contribution in [2.45, 2.75) is 45.1 Å². The molecule has 2 N–H and O–H groups in total. The highest BCUT2D eigenvalue weighted by Gasteiger charge is 2.30. The number of amides is 1. The molecular formula is C19H24ClN3O3S. The van der Waals surface area contributed by atoms with E-state index in [4.69, 9.17) is 16.3 Å². The van der Waals surface area contributed by atoms with Crippen molar-refractivity contribution in [2.24, 2.45) is 0 Å². The molecule has 1 saturated heterocycles. The number of anilines is 2. The number of hydrogen-bond acceptors (Lipinski definition) is 6. The van der Waals surface area contributed by atoms with Crippen LogP contribution in [0.5, 0.6) is 5.88 Å². The molecule has 27 heavy (non-hydrogen) atoms. The Bertz CT molecular complexity index is 811. The largest absolute Gasteiger partial charge is 0.492 e. The van der Waals surface area contributed by atoms with E-state index in [1.807, 2.05) is 39.0 Å². The van der Waals surface area contributed by atoms with E-state index in [1.165, 1.54) is 11.3 Å². The van der Waals surface area contributed by atoms with Gasteiger partial charge >= 0.3 is 6.09 Å². The van der Waals surface area contributed by atoms with Gasteiger partial charge in [0.25, 0.3) is 0 Å². The number of para-hydroxylation sites is 1. The fourth-order valence-corrected chi connectivity index (χ4v) is 4.20. The Labute approximate surface area is 168 Å². The minimum Gasteiger partial charge on any atom is -0.492 e. The number of hydrogen-bond donors (Lipinski definition) is 2. The van der Waals surface area contributed by atoms with E-state index in [9.17, 15) is 9.90 Å². The Hall–Kier alpha value is -1.99. The van der Waals surface area contributed by atoms with Gasteiger partial charge in [-0.05, 0) is 45.7 Å². The topological polar surface area (TPSA) is 74.7 Å². The summed E-state index contributed by atoms with van der Waals surface area (Å²) in [6, 6.07) is 7.40. The summed E-state index contributed by atoms with van der Waals surface area (Å²) in [5.74, 6) is 0.216. The first-order valence-corrected chi connectivity index (χ1v) is 10.1.